The van der Waals surface area contributed by atoms with Crippen molar-refractivity contribution < 1.29 is 27.2 Å². The van der Waals surface area contributed by atoms with E-state index >= 15 is 0 Å². The average molecular weight is 514 g/mol. The van der Waals surface area contributed by atoms with Gasteiger partial charge in [-0.15, -0.1) is 5.10 Å². The lowest BCUT2D eigenvalue weighted by Gasteiger charge is -2.33. The number of carbonyl (C=O) groups excluding carboxylic acids is 2. The van der Waals surface area contributed by atoms with Crippen LogP contribution in [0.5, 0.6) is 0 Å². The van der Waals surface area contributed by atoms with Crippen molar-refractivity contribution in [2.45, 2.75) is 25.7 Å². The highest BCUT2D eigenvalue weighted by atomic mass is 32.2. The first kappa shape index (κ1) is 25.3. The molecule has 1 N–H and O–H groups in total. The molecule has 1 saturated heterocycles. The maximum atomic E-state index is 13.0. The molecule has 0 aliphatic carbocycles. The summed E-state index contributed by atoms with van der Waals surface area (Å²) >= 11 is 0. The molecule has 11 nitrogen and oxygen atoms in total. The minimum absolute atomic E-state index is 0.0542. The van der Waals surface area contributed by atoms with Crippen molar-refractivity contribution in [3.8, 4) is 11.5 Å². The Morgan fingerprint density at radius 2 is 1.64 bits per heavy atom. The van der Waals surface area contributed by atoms with E-state index in [1.54, 1.807) is 6.92 Å². The Morgan fingerprint density at radius 3 is 2.25 bits per heavy atom. The first-order valence-corrected chi connectivity index (χ1v) is 12.9. The second-order valence-electron chi connectivity index (χ2n) is 8.36. The van der Waals surface area contributed by atoms with Crippen LogP contribution in [0.2, 0.25) is 0 Å². The fourth-order valence-electron chi connectivity index (χ4n) is 3.91. The van der Waals surface area contributed by atoms with Crippen LogP contribution in [-0.4, -0.2) is 72.6 Å². The molecule has 1 aliphatic rings. The molecule has 0 saturated carbocycles. The van der Waals surface area contributed by atoms with Crippen molar-refractivity contribution in [2.24, 2.45) is 0 Å². The zero-order valence-corrected chi connectivity index (χ0v) is 21.0. The molecule has 1 fully saturated rings. The highest BCUT2D eigenvalue weighted by Crippen LogP contribution is 2.23. The maximum absolute atomic E-state index is 13.0. The summed E-state index contributed by atoms with van der Waals surface area (Å²) in [4.78, 5) is 26.0. The molecule has 190 valence electrons. The molecule has 2 amide bonds. The smallest absolute Gasteiger partial charge is 0.409 e. The van der Waals surface area contributed by atoms with Crippen LogP contribution in [0, 0.1) is 13.8 Å². The summed E-state index contributed by atoms with van der Waals surface area (Å²) in [5.41, 5.74) is 3.07. The lowest BCUT2D eigenvalue weighted by Crippen LogP contribution is -2.50. The third kappa shape index (κ3) is 5.55. The highest BCUT2D eigenvalue weighted by Gasteiger charge is 2.30. The van der Waals surface area contributed by atoms with E-state index in [-0.39, 0.29) is 55.2 Å². The van der Waals surface area contributed by atoms with E-state index in [0.717, 1.165) is 16.7 Å². The van der Waals surface area contributed by atoms with Crippen LogP contribution < -0.4 is 5.32 Å². The van der Waals surface area contributed by atoms with Gasteiger partial charge in [0.25, 0.3) is 5.91 Å². The Hall–Kier alpha value is -3.77. The summed E-state index contributed by atoms with van der Waals surface area (Å²) in [6, 6.07) is 11.3. The lowest BCUT2D eigenvalue weighted by atomic mass is 10.1. The fraction of sp³-hybridized carbons (Fsp3) is 0.333. The molecule has 3 aromatic rings. The first-order valence-electron chi connectivity index (χ1n) is 11.4. The number of sulfonamides is 1. The quantitative estimate of drug-likeness (QED) is 0.531. The van der Waals surface area contributed by atoms with E-state index in [9.17, 15) is 18.0 Å². The lowest BCUT2D eigenvalue weighted by molar-refractivity contribution is 0.0933. The van der Waals surface area contributed by atoms with Crippen molar-refractivity contribution in [3.63, 3.8) is 0 Å². The van der Waals surface area contributed by atoms with Gasteiger partial charge in [0.15, 0.2) is 0 Å². The third-order valence-electron chi connectivity index (χ3n) is 5.63. The fourth-order valence-corrected chi connectivity index (χ4v) is 5.33. The Bertz CT molecular complexity index is 1340. The molecule has 1 aliphatic heterocycles. The number of piperazine rings is 1. The second kappa shape index (κ2) is 10.5. The number of hydrogen-bond donors (Lipinski definition) is 1. The van der Waals surface area contributed by atoms with Crippen molar-refractivity contribution in [1.29, 1.82) is 0 Å². The topological polar surface area (TPSA) is 135 Å². The summed E-state index contributed by atoms with van der Waals surface area (Å²) in [7, 11) is -3.78. The van der Waals surface area contributed by atoms with Gasteiger partial charge in [0.05, 0.1) is 11.5 Å². The number of benzene rings is 2. The van der Waals surface area contributed by atoms with Gasteiger partial charge in [-0.25, -0.2) is 13.2 Å². The average Bonchev–Trinajstić information content (AvgIpc) is 3.32. The Balaban J connectivity index is 1.39. The number of anilines is 1. The van der Waals surface area contributed by atoms with Crippen molar-refractivity contribution in [3.05, 3.63) is 59.2 Å². The first-order chi connectivity index (χ1) is 17.2. The molecule has 0 unspecified atom stereocenters. The van der Waals surface area contributed by atoms with Crippen LogP contribution >= 0.6 is 0 Å². The summed E-state index contributed by atoms with van der Waals surface area (Å²) in [5, 5.41) is 10.4. The SMILES string of the molecule is CCOC(=O)N1CCN(S(=O)(=O)c2ccc(C(=O)Nc3nnc(-c4cc(C)cc(C)c4)o3)cc2)CC1. The van der Waals surface area contributed by atoms with Crippen molar-refractivity contribution in [2.75, 3.05) is 38.1 Å². The standard InChI is InChI=1S/C24H27N5O6S/c1-4-34-24(31)28-9-11-29(12-10-28)36(32,33)20-7-5-18(6-8-20)21(30)25-23-27-26-22(35-23)19-14-16(2)13-17(3)15-19/h5-8,13-15H,4,9-12H2,1-3H3,(H,25,27,30). The van der Waals surface area contributed by atoms with E-state index in [4.69, 9.17) is 9.15 Å². The van der Waals surface area contributed by atoms with Gasteiger partial charge in [0, 0.05) is 37.3 Å². The molecule has 36 heavy (non-hydrogen) atoms. The van der Waals surface area contributed by atoms with E-state index in [0.29, 0.717) is 0 Å². The number of nitrogens with one attached hydrogen (secondary N) is 1. The normalized spacial score (nSPS) is 14.5. The minimum Gasteiger partial charge on any atom is -0.450 e. The zero-order chi connectivity index (χ0) is 25.9. The van der Waals surface area contributed by atoms with Gasteiger partial charge in [0.2, 0.25) is 15.9 Å². The monoisotopic (exact) mass is 513 g/mol. The van der Waals surface area contributed by atoms with Crippen LogP contribution in [0.25, 0.3) is 11.5 Å². The van der Waals surface area contributed by atoms with Crippen LogP contribution in [0.3, 0.4) is 0 Å². The Labute approximate surface area is 209 Å². The number of rotatable bonds is 6. The van der Waals surface area contributed by atoms with E-state index in [1.165, 1.54) is 33.5 Å². The minimum atomic E-state index is -3.78. The van der Waals surface area contributed by atoms with Crippen molar-refractivity contribution >= 4 is 28.0 Å². The van der Waals surface area contributed by atoms with E-state index in [2.05, 4.69) is 15.5 Å². The number of nitrogens with zero attached hydrogens (tertiary/aromatic N) is 4. The molecular formula is C24H27N5O6S. The molecule has 2 aromatic carbocycles. The Morgan fingerprint density at radius 1 is 1.00 bits per heavy atom. The van der Waals surface area contributed by atoms with Crippen LogP contribution in [0.4, 0.5) is 10.8 Å². The van der Waals surface area contributed by atoms with Gasteiger partial charge in [0.1, 0.15) is 0 Å². The van der Waals surface area contributed by atoms with Gasteiger partial charge < -0.3 is 14.1 Å². The molecule has 0 spiro atoms. The molecule has 0 atom stereocenters. The highest BCUT2D eigenvalue weighted by molar-refractivity contribution is 7.89. The molecule has 1 aromatic heterocycles. The van der Waals surface area contributed by atoms with Crippen LogP contribution in [0.1, 0.15) is 28.4 Å². The largest absolute Gasteiger partial charge is 0.450 e. The number of aryl methyl sites for hydroxylation is 2. The summed E-state index contributed by atoms with van der Waals surface area (Å²) in [6.45, 7) is 6.70. The second-order valence-corrected chi connectivity index (χ2v) is 10.3. The number of amides is 2. The van der Waals surface area contributed by atoms with Crippen LogP contribution in [-0.2, 0) is 14.8 Å². The molecule has 12 heteroatoms. The van der Waals surface area contributed by atoms with Crippen molar-refractivity contribution in [1.82, 2.24) is 19.4 Å². The Kier molecular flexibility index (Phi) is 7.36. The number of aromatic nitrogens is 2. The molecular weight excluding hydrogens is 486 g/mol. The third-order valence-corrected chi connectivity index (χ3v) is 7.55. The predicted molar refractivity (Wildman–Crippen MR) is 131 cm³/mol. The number of carbonyl (C=O) groups is 2. The summed E-state index contributed by atoms with van der Waals surface area (Å²) < 4.78 is 37.9. The van der Waals surface area contributed by atoms with E-state index in [1.807, 2.05) is 32.0 Å². The molecule has 0 bridgehead atoms. The molecule has 0 radical (unpaired) electrons. The van der Waals surface area contributed by atoms with Gasteiger partial charge >= 0.3 is 12.1 Å². The van der Waals surface area contributed by atoms with Gasteiger partial charge in [-0.1, -0.05) is 22.3 Å². The summed E-state index contributed by atoms with van der Waals surface area (Å²) in [6.07, 6.45) is -0.452. The summed E-state index contributed by atoms with van der Waals surface area (Å²) in [5.74, 6) is -0.237. The molecule has 4 rings (SSSR count). The van der Waals surface area contributed by atoms with Crippen LogP contribution in [0.15, 0.2) is 51.8 Å². The maximum Gasteiger partial charge on any atom is 0.409 e. The van der Waals surface area contributed by atoms with Gasteiger partial charge in [-0.05, 0) is 57.2 Å². The van der Waals surface area contributed by atoms with Gasteiger partial charge in [-0.3, -0.25) is 10.1 Å². The zero-order valence-electron chi connectivity index (χ0n) is 20.2. The van der Waals surface area contributed by atoms with E-state index < -0.39 is 22.0 Å². The number of ether oxygens (including phenoxy) is 1. The predicted octanol–water partition coefficient (Wildman–Crippen LogP) is 3.07. The molecule has 2 heterocycles. The van der Waals surface area contributed by atoms with Gasteiger partial charge in [-0.2, -0.15) is 4.31 Å². The number of hydrogen-bond acceptors (Lipinski definition) is 8.